The number of hydrogen-bond acceptors (Lipinski definition) is 3. The Bertz CT molecular complexity index is 702. The summed E-state index contributed by atoms with van der Waals surface area (Å²) in [4.78, 5) is 4.05. The van der Waals surface area contributed by atoms with Crippen LogP contribution in [0.1, 0.15) is 5.56 Å². The van der Waals surface area contributed by atoms with E-state index in [2.05, 4.69) is 10.1 Å². The number of benzene rings is 1. The molecule has 0 unspecified atom stereocenters. The zero-order chi connectivity index (χ0) is 13.9. The van der Waals surface area contributed by atoms with Gasteiger partial charge in [0, 0.05) is 36.8 Å². The molecule has 20 heavy (non-hydrogen) atoms. The summed E-state index contributed by atoms with van der Waals surface area (Å²) in [5, 5.41) is 13.7. The normalized spacial score (nSPS) is 10.7. The Balaban J connectivity index is 2.09. The van der Waals surface area contributed by atoms with E-state index in [9.17, 15) is 0 Å². The van der Waals surface area contributed by atoms with E-state index in [1.807, 2.05) is 54.3 Å². The van der Waals surface area contributed by atoms with Gasteiger partial charge in [0.1, 0.15) is 5.69 Å². The molecular formula is C16H15N3O. The standard InChI is InChI=1S/C16H15N3O/c1-19-10-15(13-6-8-17-9-7-13)16(18-19)14-4-2-12(11-20)3-5-14/h2-10,20H,11H2,1H3. The van der Waals surface area contributed by atoms with Crippen molar-refractivity contribution in [1.29, 1.82) is 0 Å². The molecule has 2 heterocycles. The molecule has 1 aromatic carbocycles. The first-order valence-corrected chi connectivity index (χ1v) is 6.42. The molecule has 2 aromatic heterocycles. The summed E-state index contributed by atoms with van der Waals surface area (Å²) in [7, 11) is 1.91. The van der Waals surface area contributed by atoms with E-state index in [1.165, 1.54) is 0 Å². The highest BCUT2D eigenvalue weighted by molar-refractivity contribution is 5.80. The van der Waals surface area contributed by atoms with E-state index in [1.54, 1.807) is 12.4 Å². The van der Waals surface area contributed by atoms with Crippen LogP contribution in [0.2, 0.25) is 0 Å². The monoisotopic (exact) mass is 265 g/mol. The molecule has 3 aromatic rings. The maximum absolute atomic E-state index is 9.11. The van der Waals surface area contributed by atoms with Gasteiger partial charge < -0.3 is 5.11 Å². The quantitative estimate of drug-likeness (QED) is 0.792. The Kier molecular flexibility index (Phi) is 3.31. The van der Waals surface area contributed by atoms with Crippen molar-refractivity contribution in [3.8, 4) is 22.4 Å². The lowest BCUT2D eigenvalue weighted by atomic mass is 10.0. The Morgan fingerprint density at radius 3 is 2.35 bits per heavy atom. The van der Waals surface area contributed by atoms with Gasteiger partial charge in [-0.3, -0.25) is 9.67 Å². The van der Waals surface area contributed by atoms with Gasteiger partial charge in [0.15, 0.2) is 0 Å². The van der Waals surface area contributed by atoms with Crippen LogP contribution in [-0.2, 0) is 13.7 Å². The van der Waals surface area contributed by atoms with Gasteiger partial charge in [0.05, 0.1) is 6.61 Å². The van der Waals surface area contributed by atoms with Crippen molar-refractivity contribution in [1.82, 2.24) is 14.8 Å². The maximum Gasteiger partial charge on any atom is 0.100 e. The van der Waals surface area contributed by atoms with Crippen LogP contribution in [0.3, 0.4) is 0 Å². The second-order valence-electron chi connectivity index (χ2n) is 4.66. The third kappa shape index (κ3) is 2.33. The van der Waals surface area contributed by atoms with Crippen LogP contribution in [0.5, 0.6) is 0 Å². The van der Waals surface area contributed by atoms with Gasteiger partial charge in [-0.05, 0) is 23.3 Å². The summed E-state index contributed by atoms with van der Waals surface area (Å²) < 4.78 is 1.81. The Morgan fingerprint density at radius 2 is 1.70 bits per heavy atom. The Hall–Kier alpha value is -2.46. The van der Waals surface area contributed by atoms with E-state index in [0.29, 0.717) is 0 Å². The topological polar surface area (TPSA) is 50.9 Å². The van der Waals surface area contributed by atoms with Gasteiger partial charge in [-0.25, -0.2) is 0 Å². The molecule has 0 bridgehead atoms. The molecule has 0 atom stereocenters. The number of aliphatic hydroxyl groups excluding tert-OH is 1. The van der Waals surface area contributed by atoms with E-state index in [0.717, 1.165) is 27.9 Å². The van der Waals surface area contributed by atoms with Crippen molar-refractivity contribution in [3.05, 3.63) is 60.6 Å². The third-order valence-corrected chi connectivity index (χ3v) is 3.23. The second kappa shape index (κ2) is 5.27. The van der Waals surface area contributed by atoms with E-state index in [4.69, 9.17) is 5.11 Å². The van der Waals surface area contributed by atoms with Gasteiger partial charge in [0.2, 0.25) is 0 Å². The lowest BCUT2D eigenvalue weighted by Crippen LogP contribution is -1.88. The number of aryl methyl sites for hydroxylation is 1. The molecule has 0 spiro atoms. The Morgan fingerprint density at radius 1 is 1.00 bits per heavy atom. The second-order valence-corrected chi connectivity index (χ2v) is 4.66. The largest absolute Gasteiger partial charge is 0.392 e. The predicted molar refractivity (Wildman–Crippen MR) is 77.8 cm³/mol. The van der Waals surface area contributed by atoms with Crippen LogP contribution >= 0.6 is 0 Å². The van der Waals surface area contributed by atoms with Crippen molar-refractivity contribution in [2.75, 3.05) is 0 Å². The first kappa shape index (κ1) is 12.6. The van der Waals surface area contributed by atoms with Gasteiger partial charge in [-0.15, -0.1) is 0 Å². The smallest absolute Gasteiger partial charge is 0.100 e. The third-order valence-electron chi connectivity index (χ3n) is 3.23. The molecule has 0 saturated heterocycles. The first-order valence-electron chi connectivity index (χ1n) is 6.42. The number of aromatic nitrogens is 3. The highest BCUT2D eigenvalue weighted by Gasteiger charge is 2.11. The fourth-order valence-corrected chi connectivity index (χ4v) is 2.21. The molecule has 100 valence electrons. The van der Waals surface area contributed by atoms with Gasteiger partial charge >= 0.3 is 0 Å². The lowest BCUT2D eigenvalue weighted by Gasteiger charge is -2.03. The summed E-state index contributed by atoms with van der Waals surface area (Å²) in [6, 6.07) is 11.8. The average Bonchev–Trinajstić information content (AvgIpc) is 2.90. The average molecular weight is 265 g/mol. The van der Waals surface area contributed by atoms with Gasteiger partial charge in [-0.1, -0.05) is 24.3 Å². The molecule has 0 fully saturated rings. The zero-order valence-corrected chi connectivity index (χ0v) is 11.2. The summed E-state index contributed by atoms with van der Waals surface area (Å²) in [6.07, 6.45) is 5.56. The molecule has 0 aliphatic heterocycles. The fraction of sp³-hybridized carbons (Fsp3) is 0.125. The molecule has 3 rings (SSSR count). The van der Waals surface area contributed by atoms with Crippen molar-refractivity contribution < 1.29 is 5.11 Å². The summed E-state index contributed by atoms with van der Waals surface area (Å²) in [6.45, 7) is 0.0553. The summed E-state index contributed by atoms with van der Waals surface area (Å²) in [5.41, 5.74) is 5.04. The molecule has 0 aliphatic carbocycles. The summed E-state index contributed by atoms with van der Waals surface area (Å²) in [5.74, 6) is 0. The van der Waals surface area contributed by atoms with Gasteiger partial charge in [0.25, 0.3) is 0 Å². The first-order chi connectivity index (χ1) is 9.78. The lowest BCUT2D eigenvalue weighted by molar-refractivity contribution is 0.282. The molecule has 0 amide bonds. The maximum atomic E-state index is 9.11. The van der Waals surface area contributed by atoms with E-state index >= 15 is 0 Å². The molecule has 0 aliphatic rings. The van der Waals surface area contributed by atoms with E-state index < -0.39 is 0 Å². The van der Waals surface area contributed by atoms with Crippen LogP contribution in [0, 0.1) is 0 Å². The minimum atomic E-state index is 0.0553. The van der Waals surface area contributed by atoms with Crippen molar-refractivity contribution in [2.24, 2.45) is 7.05 Å². The summed E-state index contributed by atoms with van der Waals surface area (Å²) >= 11 is 0. The number of hydrogen-bond donors (Lipinski definition) is 1. The molecule has 0 radical (unpaired) electrons. The SMILES string of the molecule is Cn1cc(-c2ccncc2)c(-c2ccc(CO)cc2)n1. The number of nitrogens with zero attached hydrogens (tertiary/aromatic N) is 3. The molecule has 4 heteroatoms. The minimum Gasteiger partial charge on any atom is -0.392 e. The number of rotatable bonds is 3. The fourth-order valence-electron chi connectivity index (χ4n) is 2.21. The highest BCUT2D eigenvalue weighted by Crippen LogP contribution is 2.30. The Labute approximate surface area is 117 Å². The molecule has 1 N–H and O–H groups in total. The van der Waals surface area contributed by atoms with Crippen LogP contribution in [0.4, 0.5) is 0 Å². The van der Waals surface area contributed by atoms with Crippen LogP contribution < -0.4 is 0 Å². The van der Waals surface area contributed by atoms with Crippen LogP contribution in [-0.4, -0.2) is 19.9 Å². The van der Waals surface area contributed by atoms with Crippen molar-refractivity contribution >= 4 is 0 Å². The van der Waals surface area contributed by atoms with Crippen molar-refractivity contribution in [3.63, 3.8) is 0 Å². The van der Waals surface area contributed by atoms with E-state index in [-0.39, 0.29) is 6.61 Å². The van der Waals surface area contributed by atoms with Gasteiger partial charge in [-0.2, -0.15) is 5.10 Å². The predicted octanol–water partition coefficient (Wildman–Crippen LogP) is 2.64. The number of aliphatic hydroxyl groups is 1. The number of pyridine rings is 1. The molecular weight excluding hydrogens is 250 g/mol. The molecule has 0 saturated carbocycles. The van der Waals surface area contributed by atoms with Crippen molar-refractivity contribution in [2.45, 2.75) is 6.61 Å². The van der Waals surface area contributed by atoms with Crippen LogP contribution in [0.15, 0.2) is 55.0 Å². The highest BCUT2D eigenvalue weighted by atomic mass is 16.3. The van der Waals surface area contributed by atoms with Crippen LogP contribution in [0.25, 0.3) is 22.4 Å². The minimum absolute atomic E-state index is 0.0553. The molecule has 4 nitrogen and oxygen atoms in total. The zero-order valence-electron chi connectivity index (χ0n) is 11.2.